The molecule has 1 saturated heterocycles. The van der Waals surface area contributed by atoms with Crippen LogP contribution < -0.4 is 15.5 Å². The second kappa shape index (κ2) is 8.71. The van der Waals surface area contributed by atoms with Crippen LogP contribution in [0.25, 0.3) is 6.08 Å². The molecule has 1 spiro atoms. The lowest BCUT2D eigenvalue weighted by molar-refractivity contribution is -0.122. The van der Waals surface area contributed by atoms with Crippen LogP contribution in [0.4, 0.5) is 17.1 Å². The Kier molecular flexibility index (Phi) is 5.25. The topological polar surface area (TPSA) is 91.6 Å². The van der Waals surface area contributed by atoms with Crippen LogP contribution in [0.3, 0.4) is 0 Å². The molecule has 4 aromatic rings. The average molecular weight is 536 g/mol. The molecule has 3 aliphatic rings. The predicted molar refractivity (Wildman–Crippen MR) is 149 cm³/mol. The number of halogens is 1. The lowest BCUT2D eigenvalue weighted by atomic mass is 9.65. The molecule has 7 rings (SSSR count). The minimum atomic E-state index is -1.38. The summed E-state index contributed by atoms with van der Waals surface area (Å²) in [5.41, 5.74) is 2.13. The highest BCUT2D eigenvalue weighted by Crippen LogP contribution is 2.57. The zero-order valence-electron chi connectivity index (χ0n) is 20.5. The van der Waals surface area contributed by atoms with Crippen LogP contribution >= 0.6 is 11.6 Å². The monoisotopic (exact) mass is 535 g/mol. The van der Waals surface area contributed by atoms with Crippen molar-refractivity contribution in [2.45, 2.75) is 17.5 Å². The minimum Gasteiger partial charge on any atom is -0.461 e. The first-order valence-corrected chi connectivity index (χ1v) is 13.0. The summed E-state index contributed by atoms with van der Waals surface area (Å²) in [6, 6.07) is 23.4. The van der Waals surface area contributed by atoms with E-state index in [1.165, 1.54) is 6.26 Å². The molecule has 3 aromatic carbocycles. The number of ketones is 1. The third kappa shape index (κ3) is 3.33. The van der Waals surface area contributed by atoms with E-state index in [9.17, 15) is 14.4 Å². The van der Waals surface area contributed by atoms with Gasteiger partial charge in [0.2, 0.25) is 17.6 Å². The van der Waals surface area contributed by atoms with E-state index in [-0.39, 0.29) is 11.7 Å². The Bertz CT molecular complexity index is 1660. The second-order valence-corrected chi connectivity index (χ2v) is 10.3. The number of Topliss-reactive ketones (excluding diaryl/α,β-unsaturated/α-hetero) is 1. The van der Waals surface area contributed by atoms with E-state index < -0.39 is 35.1 Å². The van der Waals surface area contributed by atoms with E-state index in [0.717, 1.165) is 11.3 Å². The summed E-state index contributed by atoms with van der Waals surface area (Å²) in [7, 11) is 0. The minimum absolute atomic E-state index is 0.0953. The number of anilines is 3. The third-order valence-electron chi connectivity index (χ3n) is 7.97. The first-order valence-electron chi connectivity index (χ1n) is 12.6. The van der Waals surface area contributed by atoms with Gasteiger partial charge in [-0.25, -0.2) is 0 Å². The van der Waals surface area contributed by atoms with Gasteiger partial charge in [0.25, 0.3) is 0 Å². The summed E-state index contributed by atoms with van der Waals surface area (Å²) in [4.78, 5) is 44.7. The number of amides is 2. The number of furan rings is 1. The van der Waals surface area contributed by atoms with Gasteiger partial charge >= 0.3 is 0 Å². The molecule has 39 heavy (non-hydrogen) atoms. The molecule has 2 N–H and O–H groups in total. The number of carbonyl (C=O) groups excluding carboxylic acids is 3. The van der Waals surface area contributed by atoms with Gasteiger partial charge < -0.3 is 20.0 Å². The van der Waals surface area contributed by atoms with Crippen LogP contribution in [0.5, 0.6) is 0 Å². The van der Waals surface area contributed by atoms with Crippen molar-refractivity contribution in [3.05, 3.63) is 119 Å². The van der Waals surface area contributed by atoms with Crippen molar-refractivity contribution < 1.29 is 18.8 Å². The number of nitrogens with zero attached hydrogens (tertiary/aromatic N) is 1. The van der Waals surface area contributed by atoms with Gasteiger partial charge in [-0.3, -0.25) is 14.4 Å². The fourth-order valence-electron chi connectivity index (χ4n) is 6.44. The van der Waals surface area contributed by atoms with Gasteiger partial charge in [-0.15, -0.1) is 0 Å². The Morgan fingerprint density at radius 2 is 1.72 bits per heavy atom. The maximum Gasteiger partial charge on any atom is 0.247 e. The molecule has 1 fully saturated rings. The summed E-state index contributed by atoms with van der Waals surface area (Å²) in [5, 5.41) is 6.51. The van der Waals surface area contributed by atoms with Crippen LogP contribution in [-0.2, 0) is 15.0 Å². The Hall–Kier alpha value is -4.62. The number of nitrogens with one attached hydrogen (secondary N) is 2. The van der Waals surface area contributed by atoms with Crippen molar-refractivity contribution >= 4 is 52.3 Å². The van der Waals surface area contributed by atoms with E-state index >= 15 is 0 Å². The molecule has 1 aromatic heterocycles. The molecule has 0 bridgehead atoms. The van der Waals surface area contributed by atoms with Crippen molar-refractivity contribution in [2.75, 3.05) is 15.5 Å². The molecule has 7 nitrogen and oxygen atoms in total. The van der Waals surface area contributed by atoms with Gasteiger partial charge in [0, 0.05) is 22.1 Å². The highest BCUT2D eigenvalue weighted by molar-refractivity contribution is 6.30. The number of carbonyl (C=O) groups is 3. The Morgan fingerprint density at radius 3 is 2.51 bits per heavy atom. The molecular weight excluding hydrogens is 514 g/mol. The van der Waals surface area contributed by atoms with Crippen molar-refractivity contribution in [3.63, 3.8) is 0 Å². The highest BCUT2D eigenvalue weighted by atomic mass is 35.5. The summed E-state index contributed by atoms with van der Waals surface area (Å²) < 4.78 is 5.55. The number of fused-ring (bicyclic) bond motifs is 6. The summed E-state index contributed by atoms with van der Waals surface area (Å²) in [5.74, 6) is -2.15. The first-order chi connectivity index (χ1) is 19.0. The quantitative estimate of drug-likeness (QED) is 0.335. The van der Waals surface area contributed by atoms with Gasteiger partial charge in [-0.1, -0.05) is 60.2 Å². The van der Waals surface area contributed by atoms with Crippen molar-refractivity contribution in [2.24, 2.45) is 5.92 Å². The Balaban J connectivity index is 1.48. The smallest absolute Gasteiger partial charge is 0.247 e. The normalized spacial score (nSPS) is 24.2. The van der Waals surface area contributed by atoms with Crippen LogP contribution in [0, 0.1) is 5.92 Å². The molecule has 192 valence electrons. The number of hydrogen-bond donors (Lipinski definition) is 2. The zero-order valence-corrected chi connectivity index (χ0v) is 21.3. The van der Waals surface area contributed by atoms with Gasteiger partial charge in [0.15, 0.2) is 5.76 Å². The van der Waals surface area contributed by atoms with Crippen molar-refractivity contribution in [3.8, 4) is 0 Å². The fraction of sp³-hybridized carbons (Fsp3) is 0.129. The maximum absolute atomic E-state index is 14.4. The third-order valence-corrected chi connectivity index (χ3v) is 8.22. The SMILES string of the molecule is O=C(Nc1ccc(Cl)cc1)[C@@H]1[C@H](C(=O)c2ccco2)[C@]2(C(=O)Nc3ccccc32)[C@H]2C=Cc3ccccc3N12. The molecule has 4 heterocycles. The van der Waals surface area contributed by atoms with Gasteiger partial charge in [-0.2, -0.15) is 0 Å². The van der Waals surface area contributed by atoms with E-state index in [4.69, 9.17) is 16.0 Å². The summed E-state index contributed by atoms with van der Waals surface area (Å²) in [6.45, 7) is 0. The largest absolute Gasteiger partial charge is 0.461 e. The van der Waals surface area contributed by atoms with Crippen LogP contribution in [0.2, 0.25) is 5.02 Å². The average Bonchev–Trinajstić information content (AvgIpc) is 3.67. The van der Waals surface area contributed by atoms with E-state index in [1.807, 2.05) is 65.6 Å². The van der Waals surface area contributed by atoms with Gasteiger partial charge in [-0.05, 0) is 59.7 Å². The second-order valence-electron chi connectivity index (χ2n) is 9.90. The lowest BCUT2D eigenvalue weighted by Crippen LogP contribution is -2.51. The standard InChI is InChI=1S/C31H22ClN3O4/c32-19-12-14-20(15-13-19)33-29(37)27-26(28(36)24-10-5-17-39-24)31(21-7-2-3-8-22(21)34-30(31)38)25-16-11-18-6-1-4-9-23(18)35(25)27/h1-17,25-27H,(H,33,37)(H,34,38)/t25-,26-,27+,31-/m1/s1. The lowest BCUT2D eigenvalue weighted by Gasteiger charge is -2.37. The van der Waals surface area contributed by atoms with E-state index in [2.05, 4.69) is 10.6 Å². The van der Waals surface area contributed by atoms with Crippen molar-refractivity contribution in [1.29, 1.82) is 0 Å². The molecule has 0 radical (unpaired) electrons. The molecule has 4 atom stereocenters. The summed E-state index contributed by atoms with van der Waals surface area (Å²) >= 11 is 6.06. The number of para-hydroxylation sites is 2. The number of rotatable bonds is 4. The summed E-state index contributed by atoms with van der Waals surface area (Å²) in [6.07, 6.45) is 5.31. The fourth-order valence-corrected chi connectivity index (χ4v) is 6.57. The molecule has 8 heteroatoms. The van der Waals surface area contributed by atoms with Crippen molar-refractivity contribution in [1.82, 2.24) is 0 Å². The Labute approximate surface area is 229 Å². The molecule has 0 unspecified atom stereocenters. The molecule has 2 amide bonds. The molecular formula is C31H22ClN3O4. The first kappa shape index (κ1) is 23.5. The zero-order chi connectivity index (χ0) is 26.7. The van der Waals surface area contributed by atoms with Crippen LogP contribution in [0.1, 0.15) is 21.7 Å². The predicted octanol–water partition coefficient (Wildman–Crippen LogP) is 5.54. The molecule has 3 aliphatic heterocycles. The number of hydrogen-bond acceptors (Lipinski definition) is 5. The van der Waals surface area contributed by atoms with Gasteiger partial charge in [0.1, 0.15) is 11.5 Å². The maximum atomic E-state index is 14.4. The highest BCUT2D eigenvalue weighted by Gasteiger charge is 2.70. The van der Waals surface area contributed by atoms with Crippen LogP contribution in [-0.4, -0.2) is 29.7 Å². The van der Waals surface area contributed by atoms with Crippen LogP contribution in [0.15, 0.2) is 102 Å². The molecule has 0 saturated carbocycles. The van der Waals surface area contributed by atoms with E-state index in [0.29, 0.717) is 22.0 Å². The number of benzene rings is 3. The van der Waals surface area contributed by atoms with E-state index in [1.54, 1.807) is 36.4 Å². The van der Waals surface area contributed by atoms with Gasteiger partial charge in [0.05, 0.1) is 18.2 Å². The Morgan fingerprint density at radius 1 is 0.949 bits per heavy atom. The molecule has 0 aliphatic carbocycles.